The second-order valence-electron chi connectivity index (χ2n) is 4.57. The van der Waals surface area contributed by atoms with Gasteiger partial charge in [-0.05, 0) is 31.5 Å². The summed E-state index contributed by atoms with van der Waals surface area (Å²) < 4.78 is 39.7. The van der Waals surface area contributed by atoms with E-state index in [1.165, 1.54) is 12.1 Å². The van der Waals surface area contributed by atoms with Crippen molar-refractivity contribution in [3.8, 4) is 0 Å². The van der Waals surface area contributed by atoms with Gasteiger partial charge in [-0.3, -0.25) is 4.79 Å². The normalized spacial score (nSPS) is 12.7. The fourth-order valence-corrected chi connectivity index (χ4v) is 2.61. The monoisotopic (exact) mass is 314 g/mol. The van der Waals surface area contributed by atoms with Crippen LogP contribution >= 0.6 is 0 Å². The van der Waals surface area contributed by atoms with Crippen molar-refractivity contribution >= 4 is 15.9 Å². The highest BCUT2D eigenvalue weighted by molar-refractivity contribution is 7.89. The molecule has 0 aromatic heterocycles. The fourth-order valence-electron chi connectivity index (χ4n) is 1.51. The highest BCUT2D eigenvalue weighted by atomic mass is 32.2. The van der Waals surface area contributed by atoms with E-state index in [-0.39, 0.29) is 18.2 Å². The van der Waals surface area contributed by atoms with Crippen molar-refractivity contribution in [1.82, 2.24) is 10.0 Å². The van der Waals surface area contributed by atoms with E-state index in [0.717, 1.165) is 18.6 Å². The first kappa shape index (κ1) is 17.3. The molecule has 116 valence electrons. The Labute approximate surface area is 124 Å². The Morgan fingerprint density at radius 1 is 1.48 bits per heavy atom. The molecule has 2 N–H and O–H groups in total. The molecule has 0 aliphatic carbocycles. The molecule has 0 heterocycles. The van der Waals surface area contributed by atoms with Gasteiger partial charge in [0.15, 0.2) is 0 Å². The van der Waals surface area contributed by atoms with Gasteiger partial charge in [-0.15, -0.1) is 6.58 Å². The van der Waals surface area contributed by atoms with E-state index < -0.39 is 26.6 Å². The van der Waals surface area contributed by atoms with Crippen molar-refractivity contribution in [2.45, 2.75) is 31.2 Å². The van der Waals surface area contributed by atoms with E-state index in [2.05, 4.69) is 16.6 Å². The van der Waals surface area contributed by atoms with Crippen LogP contribution in [0.4, 0.5) is 4.39 Å². The van der Waals surface area contributed by atoms with E-state index in [1.807, 2.05) is 13.8 Å². The molecule has 1 unspecified atom stereocenters. The summed E-state index contributed by atoms with van der Waals surface area (Å²) in [6.07, 6.45) is 2.08. The number of halogens is 1. The Hall–Kier alpha value is -1.73. The minimum absolute atomic E-state index is 0.0228. The average Bonchev–Trinajstić information content (AvgIpc) is 2.45. The van der Waals surface area contributed by atoms with Crippen LogP contribution in [0.1, 0.15) is 30.6 Å². The van der Waals surface area contributed by atoms with Gasteiger partial charge < -0.3 is 5.32 Å². The third kappa shape index (κ3) is 4.64. The molecule has 0 fully saturated rings. The van der Waals surface area contributed by atoms with Crippen molar-refractivity contribution < 1.29 is 17.6 Å². The second-order valence-corrected chi connectivity index (χ2v) is 6.30. The van der Waals surface area contributed by atoms with Gasteiger partial charge in [-0.2, -0.15) is 0 Å². The van der Waals surface area contributed by atoms with E-state index in [0.29, 0.717) is 0 Å². The van der Waals surface area contributed by atoms with Gasteiger partial charge in [0.05, 0.1) is 0 Å². The molecule has 1 atom stereocenters. The quantitative estimate of drug-likeness (QED) is 0.754. The Balaban J connectivity index is 3.10. The summed E-state index contributed by atoms with van der Waals surface area (Å²) in [6.45, 7) is 7.09. The summed E-state index contributed by atoms with van der Waals surface area (Å²) >= 11 is 0. The largest absolute Gasteiger partial charge is 0.350 e. The highest BCUT2D eigenvalue weighted by Gasteiger charge is 2.20. The molecule has 0 aliphatic rings. The first-order chi connectivity index (χ1) is 9.81. The Kier molecular flexibility index (Phi) is 6.04. The minimum atomic E-state index is -4.02. The van der Waals surface area contributed by atoms with E-state index in [1.54, 1.807) is 0 Å². The van der Waals surface area contributed by atoms with Crippen LogP contribution in [0.2, 0.25) is 0 Å². The number of sulfonamides is 1. The van der Waals surface area contributed by atoms with Crippen LogP contribution in [-0.4, -0.2) is 26.9 Å². The number of benzene rings is 1. The summed E-state index contributed by atoms with van der Waals surface area (Å²) in [4.78, 5) is 11.4. The highest BCUT2D eigenvalue weighted by Crippen LogP contribution is 2.16. The first-order valence-electron chi connectivity index (χ1n) is 6.52. The summed E-state index contributed by atoms with van der Waals surface area (Å²) in [7, 11) is -4.02. The maximum atomic E-state index is 13.7. The molecule has 0 aliphatic heterocycles. The van der Waals surface area contributed by atoms with Gasteiger partial charge in [-0.25, -0.2) is 17.5 Å². The molecule has 21 heavy (non-hydrogen) atoms. The van der Waals surface area contributed by atoms with Crippen molar-refractivity contribution in [3.05, 3.63) is 42.2 Å². The number of hydrogen-bond acceptors (Lipinski definition) is 3. The average molecular weight is 314 g/mol. The lowest BCUT2D eigenvalue weighted by molar-refractivity contribution is 0.0939. The van der Waals surface area contributed by atoms with Gasteiger partial charge in [0, 0.05) is 18.2 Å². The Morgan fingerprint density at radius 3 is 2.71 bits per heavy atom. The number of rotatable bonds is 7. The fraction of sp³-hybridized carbons (Fsp3) is 0.357. The molecule has 0 spiro atoms. The Morgan fingerprint density at radius 2 is 2.14 bits per heavy atom. The molecule has 0 saturated heterocycles. The summed E-state index contributed by atoms with van der Waals surface area (Å²) in [6, 6.07) is 3.19. The number of carbonyl (C=O) groups excluding carboxylic acids is 1. The zero-order valence-corrected chi connectivity index (χ0v) is 12.8. The van der Waals surface area contributed by atoms with Crippen molar-refractivity contribution in [2.75, 3.05) is 6.54 Å². The zero-order valence-electron chi connectivity index (χ0n) is 12.0. The van der Waals surface area contributed by atoms with Crippen LogP contribution in [0.15, 0.2) is 35.7 Å². The van der Waals surface area contributed by atoms with E-state index in [4.69, 9.17) is 0 Å². The summed E-state index contributed by atoms with van der Waals surface area (Å²) in [5, 5.41) is 2.69. The second kappa shape index (κ2) is 7.33. The predicted octanol–water partition coefficient (Wildman–Crippen LogP) is 1.82. The van der Waals surface area contributed by atoms with Gasteiger partial charge in [0.2, 0.25) is 10.0 Å². The van der Waals surface area contributed by atoms with Crippen LogP contribution in [0.3, 0.4) is 0 Å². The molecular formula is C14H19FN2O3S. The molecular weight excluding hydrogens is 295 g/mol. The lowest BCUT2D eigenvalue weighted by Gasteiger charge is -2.12. The number of carbonyl (C=O) groups is 1. The van der Waals surface area contributed by atoms with Crippen LogP contribution in [0, 0.1) is 5.82 Å². The van der Waals surface area contributed by atoms with Gasteiger partial charge in [0.25, 0.3) is 5.91 Å². The predicted molar refractivity (Wildman–Crippen MR) is 79.0 cm³/mol. The lowest BCUT2D eigenvalue weighted by Crippen LogP contribution is -2.32. The molecule has 1 amide bonds. The molecule has 0 saturated carbocycles. The van der Waals surface area contributed by atoms with Crippen LogP contribution in [0.25, 0.3) is 0 Å². The molecule has 0 bridgehead atoms. The molecule has 1 rings (SSSR count). The molecule has 1 aromatic carbocycles. The van der Waals surface area contributed by atoms with Crippen molar-refractivity contribution in [3.63, 3.8) is 0 Å². The van der Waals surface area contributed by atoms with Crippen molar-refractivity contribution in [1.29, 1.82) is 0 Å². The molecule has 5 nitrogen and oxygen atoms in total. The minimum Gasteiger partial charge on any atom is -0.350 e. The summed E-state index contributed by atoms with van der Waals surface area (Å²) in [5.74, 6) is -1.35. The number of hydrogen-bond donors (Lipinski definition) is 2. The smallest absolute Gasteiger partial charge is 0.251 e. The van der Waals surface area contributed by atoms with Crippen molar-refractivity contribution in [2.24, 2.45) is 0 Å². The van der Waals surface area contributed by atoms with E-state index in [9.17, 15) is 17.6 Å². The van der Waals surface area contributed by atoms with Crippen LogP contribution in [-0.2, 0) is 10.0 Å². The van der Waals surface area contributed by atoms with E-state index >= 15 is 0 Å². The molecule has 1 aromatic rings. The third-order valence-corrected chi connectivity index (χ3v) is 4.33. The topological polar surface area (TPSA) is 75.3 Å². The van der Waals surface area contributed by atoms with Gasteiger partial charge >= 0.3 is 0 Å². The Bertz CT molecular complexity index is 629. The summed E-state index contributed by atoms with van der Waals surface area (Å²) in [5.41, 5.74) is 0.0932. The van der Waals surface area contributed by atoms with Crippen LogP contribution < -0.4 is 10.0 Å². The van der Waals surface area contributed by atoms with Crippen LogP contribution in [0.5, 0.6) is 0 Å². The maximum absolute atomic E-state index is 13.7. The SMILES string of the molecule is C=CCNS(=O)(=O)c1cc(C(=O)NC(C)CC)ccc1F. The number of amides is 1. The zero-order chi connectivity index (χ0) is 16.0. The third-order valence-electron chi connectivity index (χ3n) is 2.89. The maximum Gasteiger partial charge on any atom is 0.251 e. The lowest BCUT2D eigenvalue weighted by atomic mass is 10.2. The van der Waals surface area contributed by atoms with Gasteiger partial charge in [-0.1, -0.05) is 13.0 Å². The molecule has 0 radical (unpaired) electrons. The van der Waals surface area contributed by atoms with Gasteiger partial charge in [0.1, 0.15) is 10.7 Å². The number of nitrogens with one attached hydrogen (secondary N) is 2. The first-order valence-corrected chi connectivity index (χ1v) is 8.01. The standard InChI is InChI=1S/C14H19FN2O3S/c1-4-8-16-21(19,20)13-9-11(6-7-12(13)15)14(18)17-10(3)5-2/h4,6-7,9-10,16H,1,5,8H2,2-3H3,(H,17,18). The molecule has 7 heteroatoms.